The molecule has 0 bridgehead atoms. The lowest BCUT2D eigenvalue weighted by molar-refractivity contribution is 0.630. The fourth-order valence-corrected chi connectivity index (χ4v) is 4.32. The predicted octanol–water partition coefficient (Wildman–Crippen LogP) is 6.52. The van der Waals surface area contributed by atoms with Gasteiger partial charge in [-0.1, -0.05) is 43.4 Å². The predicted molar refractivity (Wildman–Crippen MR) is 125 cm³/mol. The highest BCUT2D eigenvalue weighted by Gasteiger charge is 2.19. The van der Waals surface area contributed by atoms with Gasteiger partial charge in [-0.15, -0.1) is 0 Å². The maximum atomic E-state index is 14.6. The minimum atomic E-state index is -0.275. The second-order valence-corrected chi connectivity index (χ2v) is 8.41. The molecule has 0 spiro atoms. The third-order valence-electron chi connectivity index (χ3n) is 5.11. The Bertz CT molecular complexity index is 1150. The fraction of sp³-hybridized carbons (Fsp3) is 0.304. The lowest BCUT2D eigenvalue weighted by Crippen LogP contribution is -2.12. The van der Waals surface area contributed by atoms with Crippen LogP contribution in [0.5, 0.6) is 0 Å². The monoisotopic (exact) mass is 423 g/mol. The summed E-state index contributed by atoms with van der Waals surface area (Å²) in [5, 5.41) is 15.2. The summed E-state index contributed by atoms with van der Waals surface area (Å²) in [6, 6.07) is 13.3. The van der Waals surface area contributed by atoms with E-state index in [2.05, 4.69) is 47.7 Å². The van der Waals surface area contributed by atoms with E-state index >= 15 is 0 Å². The Morgan fingerprint density at radius 2 is 2.00 bits per heavy atom. The molecule has 156 valence electrons. The SMILES string of the molecule is CCCNc1n[nH]c(-c2ccccc2F)c1-c1ccc2nc(N[C@H](C)CC)sc2c1. The Morgan fingerprint density at radius 1 is 1.17 bits per heavy atom. The number of rotatable bonds is 8. The molecular weight excluding hydrogens is 397 g/mol. The van der Waals surface area contributed by atoms with Gasteiger partial charge in [0, 0.05) is 18.2 Å². The molecule has 4 rings (SSSR count). The van der Waals surface area contributed by atoms with E-state index in [0.29, 0.717) is 17.3 Å². The third-order valence-corrected chi connectivity index (χ3v) is 6.06. The largest absolute Gasteiger partial charge is 0.368 e. The normalized spacial score (nSPS) is 12.3. The number of hydrogen-bond donors (Lipinski definition) is 3. The van der Waals surface area contributed by atoms with Gasteiger partial charge in [-0.2, -0.15) is 5.10 Å². The first-order valence-corrected chi connectivity index (χ1v) is 11.2. The van der Waals surface area contributed by atoms with Crippen LogP contribution in [0.25, 0.3) is 32.6 Å². The summed E-state index contributed by atoms with van der Waals surface area (Å²) >= 11 is 1.63. The van der Waals surface area contributed by atoms with E-state index in [-0.39, 0.29) is 5.82 Å². The van der Waals surface area contributed by atoms with Gasteiger partial charge in [0.05, 0.1) is 21.5 Å². The average Bonchev–Trinajstić information content (AvgIpc) is 3.35. The number of nitrogens with one attached hydrogen (secondary N) is 3. The molecule has 2 aromatic heterocycles. The van der Waals surface area contributed by atoms with E-state index in [0.717, 1.165) is 51.7 Å². The zero-order valence-electron chi connectivity index (χ0n) is 17.4. The lowest BCUT2D eigenvalue weighted by atomic mass is 10.00. The lowest BCUT2D eigenvalue weighted by Gasteiger charge is -2.09. The zero-order valence-corrected chi connectivity index (χ0v) is 18.2. The van der Waals surface area contributed by atoms with Gasteiger partial charge in [-0.25, -0.2) is 9.37 Å². The number of hydrogen-bond acceptors (Lipinski definition) is 5. The van der Waals surface area contributed by atoms with E-state index in [9.17, 15) is 4.39 Å². The molecule has 0 aliphatic carbocycles. The molecule has 3 N–H and O–H groups in total. The Balaban J connectivity index is 1.80. The van der Waals surface area contributed by atoms with E-state index < -0.39 is 0 Å². The molecule has 0 amide bonds. The molecule has 7 heteroatoms. The molecule has 0 aliphatic rings. The summed E-state index contributed by atoms with van der Waals surface area (Å²) in [6.45, 7) is 7.19. The highest BCUT2D eigenvalue weighted by atomic mass is 32.1. The molecule has 0 unspecified atom stereocenters. The van der Waals surface area contributed by atoms with Crippen LogP contribution in [0.2, 0.25) is 0 Å². The first-order chi connectivity index (χ1) is 14.6. The van der Waals surface area contributed by atoms with Gasteiger partial charge < -0.3 is 10.6 Å². The van der Waals surface area contributed by atoms with Crippen LogP contribution >= 0.6 is 11.3 Å². The minimum absolute atomic E-state index is 0.275. The highest BCUT2D eigenvalue weighted by molar-refractivity contribution is 7.22. The number of anilines is 2. The van der Waals surface area contributed by atoms with Gasteiger partial charge in [-0.3, -0.25) is 5.10 Å². The summed E-state index contributed by atoms with van der Waals surface area (Å²) in [6.07, 6.45) is 2.01. The molecule has 5 nitrogen and oxygen atoms in total. The minimum Gasteiger partial charge on any atom is -0.368 e. The first kappa shape index (κ1) is 20.3. The maximum absolute atomic E-state index is 14.6. The van der Waals surface area contributed by atoms with E-state index in [4.69, 9.17) is 4.98 Å². The van der Waals surface area contributed by atoms with E-state index in [1.807, 2.05) is 18.2 Å². The fourth-order valence-electron chi connectivity index (χ4n) is 3.31. The van der Waals surface area contributed by atoms with Crippen molar-refractivity contribution in [2.24, 2.45) is 0 Å². The third kappa shape index (κ3) is 4.03. The van der Waals surface area contributed by atoms with E-state index in [1.165, 1.54) is 6.07 Å². The van der Waals surface area contributed by atoms with Crippen LogP contribution in [0.15, 0.2) is 42.5 Å². The van der Waals surface area contributed by atoms with Crippen molar-refractivity contribution in [3.05, 3.63) is 48.3 Å². The van der Waals surface area contributed by atoms with Crippen molar-refractivity contribution >= 4 is 32.5 Å². The Labute approximate surface area is 179 Å². The second-order valence-electron chi connectivity index (χ2n) is 7.38. The summed E-state index contributed by atoms with van der Waals surface area (Å²) < 4.78 is 15.6. The van der Waals surface area contributed by atoms with Gasteiger partial charge >= 0.3 is 0 Å². The van der Waals surface area contributed by atoms with Crippen molar-refractivity contribution in [3.8, 4) is 22.4 Å². The van der Waals surface area contributed by atoms with Crippen LogP contribution in [-0.2, 0) is 0 Å². The number of nitrogens with zero attached hydrogens (tertiary/aromatic N) is 2. The van der Waals surface area contributed by atoms with Crippen molar-refractivity contribution in [3.63, 3.8) is 0 Å². The molecule has 0 saturated carbocycles. The number of halogens is 1. The Hall–Kier alpha value is -2.93. The number of fused-ring (bicyclic) bond motifs is 1. The van der Waals surface area contributed by atoms with Crippen molar-refractivity contribution in [2.45, 2.75) is 39.7 Å². The quantitative estimate of drug-likeness (QED) is 0.302. The number of benzene rings is 2. The van der Waals surface area contributed by atoms with Crippen LogP contribution in [0.1, 0.15) is 33.6 Å². The van der Waals surface area contributed by atoms with Crippen LogP contribution in [0.3, 0.4) is 0 Å². The van der Waals surface area contributed by atoms with Gasteiger partial charge in [-0.05, 0) is 49.6 Å². The molecule has 1 atom stereocenters. The smallest absolute Gasteiger partial charge is 0.183 e. The molecule has 2 aromatic carbocycles. The molecule has 0 fully saturated rings. The van der Waals surface area contributed by atoms with Crippen molar-refractivity contribution in [1.82, 2.24) is 15.2 Å². The Morgan fingerprint density at radius 3 is 2.77 bits per heavy atom. The van der Waals surface area contributed by atoms with Gasteiger partial charge in [0.25, 0.3) is 0 Å². The summed E-state index contributed by atoms with van der Waals surface area (Å²) in [4.78, 5) is 4.70. The molecule has 2 heterocycles. The molecule has 0 saturated heterocycles. The summed E-state index contributed by atoms with van der Waals surface area (Å²) in [5.41, 5.74) is 3.99. The number of aromatic nitrogens is 3. The zero-order chi connectivity index (χ0) is 21.1. The van der Waals surface area contributed by atoms with Crippen LogP contribution in [0, 0.1) is 5.82 Å². The first-order valence-electron chi connectivity index (χ1n) is 10.3. The summed E-state index contributed by atoms with van der Waals surface area (Å²) in [5.74, 6) is 0.459. The number of thiazole rings is 1. The van der Waals surface area contributed by atoms with Crippen molar-refractivity contribution in [1.29, 1.82) is 0 Å². The molecule has 4 aromatic rings. The van der Waals surface area contributed by atoms with E-state index in [1.54, 1.807) is 23.5 Å². The van der Waals surface area contributed by atoms with Crippen LogP contribution < -0.4 is 10.6 Å². The topological polar surface area (TPSA) is 65.6 Å². The van der Waals surface area contributed by atoms with Crippen molar-refractivity contribution < 1.29 is 4.39 Å². The average molecular weight is 424 g/mol. The number of H-pyrrole nitrogens is 1. The molecular formula is C23H26FN5S. The van der Waals surface area contributed by atoms with Gasteiger partial charge in [0.1, 0.15) is 5.82 Å². The van der Waals surface area contributed by atoms with Crippen LogP contribution in [-0.4, -0.2) is 27.8 Å². The van der Waals surface area contributed by atoms with Gasteiger partial charge in [0.15, 0.2) is 10.9 Å². The standard InChI is InChI=1S/C23H26FN5S/c1-4-12-25-22-20(21(28-29-22)16-8-6-7-9-17(16)24)15-10-11-18-19(13-15)30-23(27-18)26-14(3)5-2/h6-11,13-14H,4-5,12H2,1-3H3,(H,26,27)(H2,25,28,29)/t14-/m1/s1. The van der Waals surface area contributed by atoms with Crippen LogP contribution in [0.4, 0.5) is 15.3 Å². The summed E-state index contributed by atoms with van der Waals surface area (Å²) in [7, 11) is 0. The van der Waals surface area contributed by atoms with Gasteiger partial charge in [0.2, 0.25) is 0 Å². The number of aromatic amines is 1. The Kier molecular flexibility index (Phi) is 5.99. The highest BCUT2D eigenvalue weighted by Crippen LogP contribution is 2.39. The molecule has 0 aliphatic heterocycles. The maximum Gasteiger partial charge on any atom is 0.183 e. The molecule has 0 radical (unpaired) electrons. The van der Waals surface area contributed by atoms with Crippen molar-refractivity contribution in [2.75, 3.05) is 17.2 Å². The second kappa shape index (κ2) is 8.83. The molecule has 30 heavy (non-hydrogen) atoms.